The van der Waals surface area contributed by atoms with E-state index in [2.05, 4.69) is 10.5 Å². The first kappa shape index (κ1) is 19.7. The molecule has 1 aliphatic heterocycles. The lowest BCUT2D eigenvalue weighted by Crippen LogP contribution is -2.35. The van der Waals surface area contributed by atoms with Gasteiger partial charge in [-0.3, -0.25) is 14.9 Å². The Kier molecular flexibility index (Phi) is 5.85. The van der Waals surface area contributed by atoms with E-state index in [9.17, 15) is 23.3 Å². The van der Waals surface area contributed by atoms with Gasteiger partial charge in [0.1, 0.15) is 4.92 Å². The average molecular weight is 406 g/mol. The minimum Gasteiger partial charge on any atom is -0.400 e. The normalized spacial score (nSPS) is 15.6. The number of nitrogens with one attached hydrogen (secondary N) is 1. The van der Waals surface area contributed by atoms with E-state index in [1.165, 1.54) is 34.6 Å². The van der Waals surface area contributed by atoms with Gasteiger partial charge in [-0.25, -0.2) is 13.8 Å². The summed E-state index contributed by atoms with van der Waals surface area (Å²) in [5, 5.41) is 14.2. The van der Waals surface area contributed by atoms with Gasteiger partial charge in [-0.05, 0) is 37.1 Å². The van der Waals surface area contributed by atoms with Crippen molar-refractivity contribution in [2.45, 2.75) is 24.2 Å². The summed E-state index contributed by atoms with van der Waals surface area (Å²) in [4.78, 5) is 22.1. The molecule has 1 fully saturated rings. The number of carbonyl (C=O) groups excluding carboxylic acids is 1. The van der Waals surface area contributed by atoms with Crippen LogP contribution in [-0.2, 0) is 10.0 Å². The molecule has 148 valence electrons. The molecule has 0 atom stereocenters. The fourth-order valence-corrected chi connectivity index (χ4v) is 4.34. The quantitative estimate of drug-likeness (QED) is 0.443. The van der Waals surface area contributed by atoms with Crippen LogP contribution in [0.1, 0.15) is 35.4 Å². The van der Waals surface area contributed by atoms with E-state index in [1.807, 2.05) is 0 Å². The highest BCUT2D eigenvalue weighted by Gasteiger charge is 2.26. The summed E-state index contributed by atoms with van der Waals surface area (Å²) >= 11 is 0. The first-order valence-corrected chi connectivity index (χ1v) is 10.00. The zero-order valence-corrected chi connectivity index (χ0v) is 15.6. The van der Waals surface area contributed by atoms with Gasteiger partial charge in [0.25, 0.3) is 5.91 Å². The Morgan fingerprint density at radius 2 is 1.96 bits per heavy atom. The number of furan rings is 1. The molecular weight excluding hydrogens is 388 g/mol. The van der Waals surface area contributed by atoms with E-state index in [0.29, 0.717) is 13.1 Å². The number of hydrogen-bond donors (Lipinski definition) is 1. The molecule has 1 N–H and O–H groups in total. The van der Waals surface area contributed by atoms with Crippen LogP contribution >= 0.6 is 0 Å². The number of amides is 1. The molecule has 0 bridgehead atoms. The molecule has 2 aromatic rings. The Hall–Kier alpha value is -3.05. The van der Waals surface area contributed by atoms with Crippen LogP contribution in [0, 0.1) is 10.1 Å². The van der Waals surface area contributed by atoms with Crippen molar-refractivity contribution in [2.75, 3.05) is 13.1 Å². The predicted molar refractivity (Wildman–Crippen MR) is 99.5 cm³/mol. The van der Waals surface area contributed by atoms with Crippen molar-refractivity contribution in [3.8, 4) is 0 Å². The van der Waals surface area contributed by atoms with Crippen molar-refractivity contribution in [3.05, 3.63) is 57.8 Å². The van der Waals surface area contributed by atoms with Gasteiger partial charge >= 0.3 is 5.88 Å². The molecule has 0 aliphatic carbocycles. The molecular formula is C17H18N4O6S. The maximum atomic E-state index is 12.7. The van der Waals surface area contributed by atoms with Crippen molar-refractivity contribution >= 4 is 28.0 Å². The molecule has 3 rings (SSSR count). The van der Waals surface area contributed by atoms with Crippen LogP contribution in [0.3, 0.4) is 0 Å². The molecule has 1 amide bonds. The molecule has 10 nitrogen and oxygen atoms in total. The molecule has 0 spiro atoms. The highest BCUT2D eigenvalue weighted by molar-refractivity contribution is 7.89. The Morgan fingerprint density at radius 3 is 2.64 bits per heavy atom. The molecule has 2 heterocycles. The number of hydrazone groups is 1. The van der Waals surface area contributed by atoms with Gasteiger partial charge in [-0.1, -0.05) is 12.5 Å². The molecule has 0 unspecified atom stereocenters. The number of carbonyl (C=O) groups is 1. The summed E-state index contributed by atoms with van der Waals surface area (Å²) in [6, 6.07) is 8.21. The molecule has 0 saturated carbocycles. The molecule has 1 aliphatic rings. The second-order valence-corrected chi connectivity index (χ2v) is 8.06. The van der Waals surface area contributed by atoms with Crippen molar-refractivity contribution in [2.24, 2.45) is 5.10 Å². The minimum absolute atomic E-state index is 0.0488. The second kappa shape index (κ2) is 8.31. The summed E-state index contributed by atoms with van der Waals surface area (Å²) in [5.74, 6) is -0.968. The highest BCUT2D eigenvalue weighted by Crippen LogP contribution is 2.21. The van der Waals surface area contributed by atoms with E-state index in [0.717, 1.165) is 31.5 Å². The van der Waals surface area contributed by atoms with Crippen LogP contribution < -0.4 is 5.43 Å². The van der Waals surface area contributed by atoms with Gasteiger partial charge < -0.3 is 4.42 Å². The van der Waals surface area contributed by atoms with E-state index in [-0.39, 0.29) is 16.2 Å². The van der Waals surface area contributed by atoms with Crippen molar-refractivity contribution in [1.82, 2.24) is 9.73 Å². The van der Waals surface area contributed by atoms with E-state index < -0.39 is 26.7 Å². The van der Waals surface area contributed by atoms with Gasteiger partial charge in [0.05, 0.1) is 17.2 Å². The number of sulfonamides is 1. The van der Waals surface area contributed by atoms with Crippen molar-refractivity contribution < 1.29 is 22.6 Å². The SMILES string of the molecule is O=C(N/N=C\c1ccc([N+](=O)[O-])o1)c1cccc(S(=O)(=O)N2CCCCC2)c1. The Labute approximate surface area is 161 Å². The summed E-state index contributed by atoms with van der Waals surface area (Å²) in [7, 11) is -3.65. The molecule has 1 aromatic heterocycles. The lowest BCUT2D eigenvalue weighted by Gasteiger charge is -2.25. The standard InChI is InChI=1S/C17H18N4O6S/c22-17(19-18-12-14-7-8-16(27-14)21(23)24)13-5-4-6-15(11-13)28(25,26)20-9-2-1-3-10-20/h4-8,11-12H,1-3,9-10H2,(H,19,22)/b18-12-. The Balaban J connectivity index is 1.69. The highest BCUT2D eigenvalue weighted by atomic mass is 32.2. The van der Waals surface area contributed by atoms with Crippen LogP contribution in [0.5, 0.6) is 0 Å². The average Bonchev–Trinajstić information content (AvgIpc) is 3.18. The topological polar surface area (TPSA) is 135 Å². The number of benzene rings is 1. The Bertz CT molecular complexity index is 1010. The lowest BCUT2D eigenvalue weighted by molar-refractivity contribution is -0.402. The van der Waals surface area contributed by atoms with Crippen molar-refractivity contribution in [3.63, 3.8) is 0 Å². The zero-order chi connectivity index (χ0) is 20.1. The first-order chi connectivity index (χ1) is 13.4. The third-order valence-electron chi connectivity index (χ3n) is 4.20. The molecule has 1 aromatic carbocycles. The van der Waals surface area contributed by atoms with Crippen LogP contribution in [-0.4, -0.2) is 42.9 Å². The monoisotopic (exact) mass is 406 g/mol. The third kappa shape index (κ3) is 4.43. The Morgan fingerprint density at radius 1 is 1.21 bits per heavy atom. The number of nitrogens with zero attached hydrogens (tertiary/aromatic N) is 3. The number of hydrogen-bond acceptors (Lipinski definition) is 7. The third-order valence-corrected chi connectivity index (χ3v) is 6.09. The number of piperidine rings is 1. The summed E-state index contributed by atoms with van der Waals surface area (Å²) in [6.45, 7) is 0.941. The minimum atomic E-state index is -3.65. The van der Waals surface area contributed by atoms with E-state index >= 15 is 0 Å². The lowest BCUT2D eigenvalue weighted by atomic mass is 10.2. The zero-order valence-electron chi connectivity index (χ0n) is 14.8. The number of nitro groups is 1. The maximum absolute atomic E-state index is 12.7. The van der Waals surface area contributed by atoms with Crippen LogP contribution in [0.15, 0.2) is 50.8 Å². The van der Waals surface area contributed by atoms with E-state index in [4.69, 9.17) is 4.42 Å². The van der Waals surface area contributed by atoms with Gasteiger partial charge in [-0.2, -0.15) is 9.41 Å². The maximum Gasteiger partial charge on any atom is 0.433 e. The van der Waals surface area contributed by atoms with Crippen LogP contribution in [0.4, 0.5) is 5.88 Å². The van der Waals surface area contributed by atoms with Gasteiger partial charge in [0.15, 0.2) is 5.76 Å². The second-order valence-electron chi connectivity index (χ2n) is 6.12. The summed E-state index contributed by atoms with van der Waals surface area (Å²) in [5.41, 5.74) is 2.36. The molecule has 11 heteroatoms. The molecule has 28 heavy (non-hydrogen) atoms. The first-order valence-electron chi connectivity index (χ1n) is 8.56. The number of rotatable bonds is 6. The largest absolute Gasteiger partial charge is 0.433 e. The fourth-order valence-electron chi connectivity index (χ4n) is 2.78. The molecule has 1 saturated heterocycles. The summed E-state index contributed by atoms with van der Waals surface area (Å²) < 4.78 is 31.7. The fraction of sp³-hybridized carbons (Fsp3) is 0.294. The van der Waals surface area contributed by atoms with Gasteiger partial charge in [0, 0.05) is 18.7 Å². The summed E-state index contributed by atoms with van der Waals surface area (Å²) in [6.07, 6.45) is 3.75. The predicted octanol–water partition coefficient (Wildman–Crippen LogP) is 2.13. The van der Waals surface area contributed by atoms with Gasteiger partial charge in [0.2, 0.25) is 10.0 Å². The van der Waals surface area contributed by atoms with Crippen molar-refractivity contribution in [1.29, 1.82) is 0 Å². The molecule has 0 radical (unpaired) electrons. The van der Waals surface area contributed by atoms with Gasteiger partial charge in [-0.15, -0.1) is 0 Å². The van der Waals surface area contributed by atoms with Crippen LogP contribution in [0.2, 0.25) is 0 Å². The smallest absolute Gasteiger partial charge is 0.400 e. The van der Waals surface area contributed by atoms with E-state index in [1.54, 1.807) is 0 Å². The van der Waals surface area contributed by atoms with Crippen LogP contribution in [0.25, 0.3) is 0 Å².